The molecular weight excluding hydrogens is 282 g/mol. The summed E-state index contributed by atoms with van der Waals surface area (Å²) in [5, 5.41) is 15.7. The molecule has 0 radical (unpaired) electrons. The molecule has 22 heavy (non-hydrogen) atoms. The zero-order chi connectivity index (χ0) is 15.7. The summed E-state index contributed by atoms with van der Waals surface area (Å²) in [6.07, 6.45) is -0.273. The highest BCUT2D eigenvalue weighted by molar-refractivity contribution is 5.97. The maximum Gasteiger partial charge on any atom is 0.248 e. The van der Waals surface area contributed by atoms with Gasteiger partial charge >= 0.3 is 0 Å². The van der Waals surface area contributed by atoms with Crippen molar-refractivity contribution in [3.05, 3.63) is 35.9 Å². The monoisotopic (exact) mass is 303 g/mol. The third-order valence-electron chi connectivity index (χ3n) is 4.37. The molecule has 4 atom stereocenters. The molecule has 0 aromatic heterocycles. The molecule has 2 fully saturated rings. The van der Waals surface area contributed by atoms with Crippen LogP contribution in [0.2, 0.25) is 0 Å². The van der Waals surface area contributed by atoms with Crippen molar-refractivity contribution < 1.29 is 14.7 Å². The number of carbonyl (C=O) groups is 2. The number of aliphatic hydroxyl groups is 1. The minimum atomic E-state index is -0.881. The molecular formula is C16H21N3O3. The fourth-order valence-electron chi connectivity index (χ4n) is 3.15. The van der Waals surface area contributed by atoms with Crippen molar-refractivity contribution in [2.24, 2.45) is 0 Å². The van der Waals surface area contributed by atoms with E-state index < -0.39 is 18.2 Å². The largest absolute Gasteiger partial charge is 0.391 e. The van der Waals surface area contributed by atoms with Crippen molar-refractivity contribution in [2.75, 3.05) is 6.54 Å². The van der Waals surface area contributed by atoms with Crippen LogP contribution in [0.5, 0.6) is 0 Å². The first kappa shape index (κ1) is 15.0. The molecule has 2 amide bonds. The molecule has 2 aliphatic heterocycles. The summed E-state index contributed by atoms with van der Waals surface area (Å²) in [7, 11) is 0. The fourth-order valence-corrected chi connectivity index (χ4v) is 3.15. The second-order valence-corrected chi connectivity index (χ2v) is 6.03. The van der Waals surface area contributed by atoms with Crippen LogP contribution < -0.4 is 10.6 Å². The summed E-state index contributed by atoms with van der Waals surface area (Å²) in [6.45, 7) is 2.74. The zero-order valence-electron chi connectivity index (χ0n) is 12.5. The van der Waals surface area contributed by atoms with E-state index in [1.54, 1.807) is 4.90 Å². The lowest BCUT2D eigenvalue weighted by atomic mass is 10.0. The van der Waals surface area contributed by atoms with Crippen LogP contribution in [-0.2, 0) is 16.1 Å². The Kier molecular flexibility index (Phi) is 4.13. The van der Waals surface area contributed by atoms with Gasteiger partial charge in [0.05, 0.1) is 6.10 Å². The summed E-state index contributed by atoms with van der Waals surface area (Å²) in [6, 6.07) is 8.87. The predicted molar refractivity (Wildman–Crippen MR) is 80.8 cm³/mol. The molecule has 2 heterocycles. The number of fused-ring (bicyclic) bond motifs is 1. The van der Waals surface area contributed by atoms with E-state index in [2.05, 4.69) is 10.6 Å². The van der Waals surface area contributed by atoms with Crippen LogP contribution >= 0.6 is 0 Å². The first-order valence-corrected chi connectivity index (χ1v) is 7.62. The van der Waals surface area contributed by atoms with E-state index in [-0.39, 0.29) is 17.9 Å². The first-order chi connectivity index (χ1) is 10.6. The van der Waals surface area contributed by atoms with Gasteiger partial charge in [-0.05, 0) is 18.9 Å². The molecule has 1 aromatic carbocycles. The Morgan fingerprint density at radius 2 is 2.09 bits per heavy atom. The minimum absolute atomic E-state index is 0.0904. The second-order valence-electron chi connectivity index (χ2n) is 6.03. The summed E-state index contributed by atoms with van der Waals surface area (Å²) in [4.78, 5) is 26.0. The van der Waals surface area contributed by atoms with E-state index in [1.807, 2.05) is 30.3 Å². The van der Waals surface area contributed by atoms with Gasteiger partial charge in [0.15, 0.2) is 0 Å². The van der Waals surface area contributed by atoms with Gasteiger partial charge in [-0.3, -0.25) is 9.59 Å². The minimum Gasteiger partial charge on any atom is -0.391 e. The molecule has 0 saturated carbocycles. The van der Waals surface area contributed by atoms with E-state index >= 15 is 0 Å². The van der Waals surface area contributed by atoms with Crippen molar-refractivity contribution in [3.8, 4) is 0 Å². The van der Waals surface area contributed by atoms with Crippen molar-refractivity contribution in [1.29, 1.82) is 0 Å². The van der Waals surface area contributed by atoms with Gasteiger partial charge in [0.2, 0.25) is 11.8 Å². The molecule has 118 valence electrons. The molecule has 0 unspecified atom stereocenters. The van der Waals surface area contributed by atoms with E-state index in [9.17, 15) is 14.7 Å². The van der Waals surface area contributed by atoms with Crippen molar-refractivity contribution in [1.82, 2.24) is 15.5 Å². The van der Waals surface area contributed by atoms with E-state index in [4.69, 9.17) is 0 Å². The average Bonchev–Trinajstić information content (AvgIpc) is 2.95. The number of nitrogens with one attached hydrogen (secondary N) is 2. The SMILES string of the molecule is C[C@H](O)[C@H]1NC(=O)[C@@H]2C[C@H](NCc3ccccc3)CN2C1=O. The van der Waals surface area contributed by atoms with Gasteiger partial charge in [-0.15, -0.1) is 0 Å². The van der Waals surface area contributed by atoms with Crippen LogP contribution in [0.15, 0.2) is 30.3 Å². The Bertz CT molecular complexity index is 561. The van der Waals surface area contributed by atoms with Crippen LogP contribution in [-0.4, -0.2) is 52.6 Å². The van der Waals surface area contributed by atoms with Crippen molar-refractivity contribution >= 4 is 11.8 Å². The maximum atomic E-state index is 12.3. The van der Waals surface area contributed by atoms with Crippen LogP contribution in [0.4, 0.5) is 0 Å². The van der Waals surface area contributed by atoms with E-state index in [0.717, 1.165) is 0 Å². The van der Waals surface area contributed by atoms with Crippen molar-refractivity contribution in [3.63, 3.8) is 0 Å². The zero-order valence-corrected chi connectivity index (χ0v) is 12.5. The maximum absolute atomic E-state index is 12.3. The van der Waals surface area contributed by atoms with Gasteiger partial charge in [0.1, 0.15) is 12.1 Å². The van der Waals surface area contributed by atoms with Gasteiger partial charge in [0.25, 0.3) is 0 Å². The van der Waals surface area contributed by atoms with Crippen LogP contribution in [0.1, 0.15) is 18.9 Å². The van der Waals surface area contributed by atoms with Crippen LogP contribution in [0.25, 0.3) is 0 Å². The number of nitrogens with zero attached hydrogens (tertiary/aromatic N) is 1. The van der Waals surface area contributed by atoms with E-state index in [0.29, 0.717) is 19.5 Å². The number of aliphatic hydroxyl groups excluding tert-OH is 1. The van der Waals surface area contributed by atoms with Gasteiger partial charge < -0.3 is 20.6 Å². The number of carbonyl (C=O) groups excluding carboxylic acids is 2. The standard InChI is InChI=1S/C16H21N3O3/c1-10(20)14-16(22)19-9-12(7-13(19)15(21)18-14)17-8-11-5-3-2-4-6-11/h2-6,10,12-14,17,20H,7-9H2,1H3,(H,18,21)/t10-,12-,13-,14+/m0/s1. The number of rotatable bonds is 4. The third-order valence-corrected chi connectivity index (χ3v) is 4.37. The van der Waals surface area contributed by atoms with Gasteiger partial charge in [-0.25, -0.2) is 0 Å². The molecule has 1 aromatic rings. The average molecular weight is 303 g/mol. The Labute approximate surface area is 129 Å². The molecule has 0 spiro atoms. The fraction of sp³-hybridized carbons (Fsp3) is 0.500. The quantitative estimate of drug-likeness (QED) is 0.708. The Hall–Kier alpha value is -1.92. The highest BCUT2D eigenvalue weighted by Gasteiger charge is 2.47. The molecule has 3 rings (SSSR count). The van der Waals surface area contributed by atoms with E-state index in [1.165, 1.54) is 12.5 Å². The van der Waals surface area contributed by atoms with Gasteiger partial charge in [-0.1, -0.05) is 30.3 Å². The molecule has 2 aliphatic rings. The molecule has 0 aliphatic carbocycles. The molecule has 6 nitrogen and oxygen atoms in total. The van der Waals surface area contributed by atoms with Gasteiger partial charge in [-0.2, -0.15) is 0 Å². The molecule has 2 saturated heterocycles. The van der Waals surface area contributed by atoms with Crippen LogP contribution in [0, 0.1) is 0 Å². The highest BCUT2D eigenvalue weighted by Crippen LogP contribution is 2.23. The Balaban J connectivity index is 1.63. The number of hydrogen-bond donors (Lipinski definition) is 3. The lowest BCUT2D eigenvalue weighted by Gasteiger charge is -2.35. The summed E-state index contributed by atoms with van der Waals surface area (Å²) in [5.74, 6) is -0.363. The smallest absolute Gasteiger partial charge is 0.248 e. The number of benzene rings is 1. The summed E-state index contributed by atoms with van der Waals surface area (Å²) >= 11 is 0. The van der Waals surface area contributed by atoms with Crippen LogP contribution in [0.3, 0.4) is 0 Å². The number of piperazine rings is 1. The number of hydrogen-bond acceptors (Lipinski definition) is 4. The molecule has 3 N–H and O–H groups in total. The Morgan fingerprint density at radius 3 is 2.77 bits per heavy atom. The Morgan fingerprint density at radius 1 is 1.36 bits per heavy atom. The summed E-state index contributed by atoms with van der Waals surface area (Å²) in [5.41, 5.74) is 1.17. The molecule has 0 bridgehead atoms. The molecule has 6 heteroatoms. The third kappa shape index (κ3) is 2.84. The first-order valence-electron chi connectivity index (χ1n) is 7.62. The van der Waals surface area contributed by atoms with Gasteiger partial charge in [0, 0.05) is 19.1 Å². The van der Waals surface area contributed by atoms with Crippen molar-refractivity contribution in [2.45, 2.75) is 44.1 Å². The number of amides is 2. The predicted octanol–water partition coefficient (Wildman–Crippen LogP) is -0.375. The lowest BCUT2D eigenvalue weighted by Crippen LogP contribution is -2.64. The highest BCUT2D eigenvalue weighted by atomic mass is 16.3. The normalized spacial score (nSPS) is 29.2. The summed E-state index contributed by atoms with van der Waals surface area (Å²) < 4.78 is 0. The second kappa shape index (κ2) is 6.06. The lowest BCUT2D eigenvalue weighted by molar-refractivity contribution is -0.149. The topological polar surface area (TPSA) is 81.7 Å².